The summed E-state index contributed by atoms with van der Waals surface area (Å²) < 4.78 is 0. The number of pyridine rings is 1. The van der Waals surface area contributed by atoms with Gasteiger partial charge in [-0.05, 0) is 96.5 Å². The molecule has 2 fully saturated rings. The lowest BCUT2D eigenvalue weighted by atomic mass is 9.63. The van der Waals surface area contributed by atoms with E-state index in [0.717, 1.165) is 53.5 Å². The number of benzene rings is 1. The van der Waals surface area contributed by atoms with Crippen LogP contribution < -0.4 is 11.1 Å². The summed E-state index contributed by atoms with van der Waals surface area (Å²) in [6, 6.07) is 12.5. The lowest BCUT2D eigenvalue weighted by Crippen LogP contribution is -2.58. The highest BCUT2D eigenvalue weighted by molar-refractivity contribution is 7.08. The molecule has 2 heterocycles. The van der Waals surface area contributed by atoms with Gasteiger partial charge in [-0.1, -0.05) is 24.3 Å². The first-order chi connectivity index (χ1) is 18.5. The standard InChI is InChI=1S/C31H38N4O3S/c1-20(36)35(3)25-10-4-21(5-11-25)14-29(37)34-28-15-26(23-12-13-39-17-23)27(16-33-28)22-6-8-24(9-7-22)31(32)18-30(2,38)19-31/h6-9,12-13,15-17,21,25,38H,4-5,10-11,14,18-19,32H2,1-3H3,(H,33,34,37). The van der Waals surface area contributed by atoms with E-state index >= 15 is 0 Å². The number of aromatic nitrogens is 1. The van der Waals surface area contributed by atoms with Crippen molar-refractivity contribution in [2.24, 2.45) is 11.7 Å². The molecule has 1 aromatic carbocycles. The Hall–Kier alpha value is -3.07. The summed E-state index contributed by atoms with van der Waals surface area (Å²) in [4.78, 5) is 31.0. The van der Waals surface area contributed by atoms with Crippen molar-refractivity contribution in [3.63, 3.8) is 0 Å². The molecule has 206 valence electrons. The van der Waals surface area contributed by atoms with Crippen molar-refractivity contribution in [2.45, 2.75) is 76.0 Å². The summed E-state index contributed by atoms with van der Waals surface area (Å²) in [6.45, 7) is 3.43. The largest absolute Gasteiger partial charge is 0.390 e. The van der Waals surface area contributed by atoms with Crippen LogP contribution in [0.15, 0.2) is 53.4 Å². The number of thiophene rings is 1. The Kier molecular flexibility index (Phi) is 7.64. The average Bonchev–Trinajstić information content (AvgIpc) is 3.42. The molecule has 0 spiro atoms. The molecule has 0 saturated heterocycles. The number of nitrogens with one attached hydrogen (secondary N) is 1. The van der Waals surface area contributed by atoms with E-state index in [1.807, 2.05) is 48.6 Å². The second-order valence-electron chi connectivity index (χ2n) is 11.8. The zero-order valence-corrected chi connectivity index (χ0v) is 23.8. The van der Waals surface area contributed by atoms with Crippen LogP contribution in [0.25, 0.3) is 22.3 Å². The van der Waals surface area contributed by atoms with E-state index in [-0.39, 0.29) is 17.9 Å². The summed E-state index contributed by atoms with van der Waals surface area (Å²) >= 11 is 1.63. The minimum atomic E-state index is -0.699. The summed E-state index contributed by atoms with van der Waals surface area (Å²) in [5, 5.41) is 17.3. The zero-order chi connectivity index (χ0) is 27.8. The van der Waals surface area contributed by atoms with Crippen LogP contribution in [0.4, 0.5) is 5.82 Å². The van der Waals surface area contributed by atoms with Gasteiger partial charge in [0.1, 0.15) is 5.82 Å². The predicted molar refractivity (Wildman–Crippen MR) is 156 cm³/mol. The number of nitrogens with two attached hydrogens (primary N) is 1. The number of rotatable bonds is 7. The minimum absolute atomic E-state index is 0.0242. The molecule has 0 unspecified atom stereocenters. The molecule has 2 aliphatic carbocycles. The van der Waals surface area contributed by atoms with E-state index in [1.165, 1.54) is 0 Å². The molecule has 4 N–H and O–H groups in total. The first kappa shape index (κ1) is 27.5. The van der Waals surface area contributed by atoms with Crippen LogP contribution in [0, 0.1) is 5.92 Å². The molecule has 7 nitrogen and oxygen atoms in total. The second-order valence-corrected chi connectivity index (χ2v) is 12.5. The van der Waals surface area contributed by atoms with Gasteiger partial charge in [-0.25, -0.2) is 4.98 Å². The number of amides is 2. The van der Waals surface area contributed by atoms with Crippen LogP contribution in [-0.4, -0.2) is 45.5 Å². The number of carbonyl (C=O) groups excluding carboxylic acids is 2. The fourth-order valence-corrected chi connectivity index (χ4v) is 7.01. The Morgan fingerprint density at radius 2 is 1.79 bits per heavy atom. The van der Waals surface area contributed by atoms with Crippen LogP contribution >= 0.6 is 11.3 Å². The SMILES string of the molecule is CC(=O)N(C)C1CCC(CC(=O)Nc2cc(-c3ccsc3)c(-c3ccc(C4(N)CC(C)(O)C4)cc3)cn2)CC1. The van der Waals surface area contributed by atoms with Gasteiger partial charge in [0, 0.05) is 43.7 Å². The average molecular weight is 547 g/mol. The zero-order valence-electron chi connectivity index (χ0n) is 22.9. The Morgan fingerprint density at radius 1 is 1.10 bits per heavy atom. The van der Waals surface area contributed by atoms with Crippen LogP contribution in [-0.2, 0) is 15.1 Å². The second kappa shape index (κ2) is 10.8. The van der Waals surface area contributed by atoms with Gasteiger partial charge in [0.15, 0.2) is 0 Å². The number of carbonyl (C=O) groups is 2. The van der Waals surface area contributed by atoms with Crippen molar-refractivity contribution in [3.05, 3.63) is 58.9 Å². The summed E-state index contributed by atoms with van der Waals surface area (Å²) in [5.74, 6) is 0.938. The lowest BCUT2D eigenvalue weighted by Gasteiger charge is -2.49. The van der Waals surface area contributed by atoms with Gasteiger partial charge in [0.2, 0.25) is 11.8 Å². The maximum Gasteiger partial charge on any atom is 0.225 e. The molecule has 2 aliphatic rings. The molecular weight excluding hydrogens is 508 g/mol. The highest BCUT2D eigenvalue weighted by Crippen LogP contribution is 2.46. The predicted octanol–water partition coefficient (Wildman–Crippen LogP) is 5.54. The fourth-order valence-electron chi connectivity index (χ4n) is 6.35. The Labute approximate surface area is 234 Å². The molecule has 5 rings (SSSR count). The number of aliphatic hydroxyl groups is 1. The van der Waals surface area contributed by atoms with Crippen molar-refractivity contribution in [1.29, 1.82) is 0 Å². The Morgan fingerprint density at radius 3 is 2.38 bits per heavy atom. The van der Waals surface area contributed by atoms with Gasteiger partial charge in [0.25, 0.3) is 0 Å². The van der Waals surface area contributed by atoms with Crippen molar-refractivity contribution >= 4 is 29.0 Å². The van der Waals surface area contributed by atoms with Crippen molar-refractivity contribution in [2.75, 3.05) is 12.4 Å². The quantitative estimate of drug-likeness (QED) is 0.361. The number of nitrogens with zero attached hydrogens (tertiary/aromatic N) is 2. The van der Waals surface area contributed by atoms with E-state index in [2.05, 4.69) is 33.9 Å². The Balaban J connectivity index is 1.28. The van der Waals surface area contributed by atoms with Crippen LogP contribution in [0.2, 0.25) is 0 Å². The highest BCUT2D eigenvalue weighted by Gasteiger charge is 2.49. The first-order valence-electron chi connectivity index (χ1n) is 13.7. The highest BCUT2D eigenvalue weighted by atomic mass is 32.1. The molecule has 3 aromatic rings. The maximum atomic E-state index is 12.9. The fraction of sp³-hybridized carbons (Fsp3) is 0.452. The lowest BCUT2D eigenvalue weighted by molar-refractivity contribution is -0.130. The minimum Gasteiger partial charge on any atom is -0.390 e. The number of anilines is 1. The number of hydrogen-bond acceptors (Lipinski definition) is 6. The van der Waals surface area contributed by atoms with E-state index in [4.69, 9.17) is 5.73 Å². The molecule has 8 heteroatoms. The normalized spacial score (nSPS) is 26.5. The van der Waals surface area contributed by atoms with Crippen LogP contribution in [0.5, 0.6) is 0 Å². The molecule has 2 aromatic heterocycles. The third-order valence-corrected chi connectivity index (χ3v) is 9.19. The van der Waals surface area contributed by atoms with Gasteiger partial charge >= 0.3 is 0 Å². The van der Waals surface area contributed by atoms with Crippen molar-refractivity contribution in [1.82, 2.24) is 9.88 Å². The summed E-state index contributed by atoms with van der Waals surface area (Å²) in [6.07, 6.45) is 7.15. The molecular formula is C31H38N4O3S. The molecule has 0 radical (unpaired) electrons. The van der Waals surface area contributed by atoms with Gasteiger partial charge in [-0.2, -0.15) is 11.3 Å². The van der Waals surface area contributed by atoms with Crippen molar-refractivity contribution < 1.29 is 14.7 Å². The van der Waals surface area contributed by atoms with Crippen molar-refractivity contribution in [3.8, 4) is 22.3 Å². The summed E-state index contributed by atoms with van der Waals surface area (Å²) in [7, 11) is 1.86. The van der Waals surface area contributed by atoms with Crippen LogP contribution in [0.3, 0.4) is 0 Å². The molecule has 39 heavy (non-hydrogen) atoms. The summed E-state index contributed by atoms with van der Waals surface area (Å²) in [5.41, 5.74) is 10.5. The molecule has 2 saturated carbocycles. The first-order valence-corrected chi connectivity index (χ1v) is 14.7. The van der Waals surface area contributed by atoms with Gasteiger partial charge < -0.3 is 21.1 Å². The molecule has 0 atom stereocenters. The molecule has 0 aliphatic heterocycles. The maximum absolute atomic E-state index is 12.9. The van der Waals surface area contributed by atoms with Gasteiger partial charge in [-0.3, -0.25) is 9.59 Å². The Bertz CT molecular complexity index is 1320. The topological polar surface area (TPSA) is 109 Å². The van der Waals surface area contributed by atoms with E-state index < -0.39 is 11.1 Å². The van der Waals surface area contributed by atoms with Gasteiger partial charge in [0.05, 0.1) is 5.60 Å². The van der Waals surface area contributed by atoms with E-state index in [0.29, 0.717) is 31.0 Å². The third-order valence-electron chi connectivity index (χ3n) is 8.50. The number of hydrogen-bond donors (Lipinski definition) is 3. The third kappa shape index (κ3) is 6.08. The van der Waals surface area contributed by atoms with E-state index in [9.17, 15) is 14.7 Å². The smallest absolute Gasteiger partial charge is 0.225 e. The molecule has 0 bridgehead atoms. The monoisotopic (exact) mass is 546 g/mol. The van der Waals surface area contributed by atoms with Crippen LogP contribution in [0.1, 0.15) is 64.4 Å². The van der Waals surface area contributed by atoms with E-state index in [1.54, 1.807) is 18.3 Å². The molecule has 2 amide bonds. The van der Waals surface area contributed by atoms with Gasteiger partial charge in [-0.15, -0.1) is 0 Å².